The molecule has 1 saturated heterocycles. The molecule has 1 fully saturated rings. The van der Waals surface area contributed by atoms with Crippen LogP contribution in [0.3, 0.4) is 0 Å². The highest BCUT2D eigenvalue weighted by Gasteiger charge is 2.26. The molecular weight excluding hydrogens is 470 g/mol. The summed E-state index contributed by atoms with van der Waals surface area (Å²) in [6.45, 7) is 3.40. The number of nitrogens with zero attached hydrogens (tertiary/aromatic N) is 1. The molecular formula is C25H27N3O6S. The average molecular weight is 498 g/mol. The zero-order valence-corrected chi connectivity index (χ0v) is 20.1. The standard InChI is InChI=1S/C25H27N3O6S/c1-2-34-22-8-6-21(7-9-22)27-35(31,32)23-5-3-4-18(16-23)24(29)26-20-10-13-28(14-11-20)25(30)19-12-15-33-17-19/h3-9,12,15-17,20,27H,2,10-11,13-14H2,1H3,(H,26,29). The predicted octanol–water partition coefficient (Wildman–Crippen LogP) is 3.51. The maximum absolute atomic E-state index is 12.9. The summed E-state index contributed by atoms with van der Waals surface area (Å²) < 4.78 is 38.6. The van der Waals surface area contributed by atoms with Crippen molar-refractivity contribution in [2.24, 2.45) is 0 Å². The number of ether oxygens (including phenoxy) is 1. The van der Waals surface area contributed by atoms with Crippen LogP contribution in [0.25, 0.3) is 0 Å². The van der Waals surface area contributed by atoms with Crippen LogP contribution in [-0.2, 0) is 10.0 Å². The lowest BCUT2D eigenvalue weighted by atomic mass is 10.0. The Morgan fingerprint density at radius 1 is 1.06 bits per heavy atom. The Balaban J connectivity index is 1.35. The highest BCUT2D eigenvalue weighted by molar-refractivity contribution is 7.92. The predicted molar refractivity (Wildman–Crippen MR) is 130 cm³/mol. The first-order chi connectivity index (χ1) is 16.9. The van der Waals surface area contributed by atoms with Crippen molar-refractivity contribution < 1.29 is 27.2 Å². The zero-order valence-electron chi connectivity index (χ0n) is 19.3. The lowest BCUT2D eigenvalue weighted by Crippen LogP contribution is -2.46. The van der Waals surface area contributed by atoms with E-state index in [0.29, 0.717) is 49.5 Å². The third kappa shape index (κ3) is 6.02. The van der Waals surface area contributed by atoms with E-state index in [1.165, 1.54) is 30.7 Å². The van der Waals surface area contributed by atoms with Gasteiger partial charge in [-0.1, -0.05) is 6.07 Å². The number of hydrogen-bond acceptors (Lipinski definition) is 6. The van der Waals surface area contributed by atoms with E-state index < -0.39 is 10.0 Å². The minimum Gasteiger partial charge on any atom is -0.494 e. The molecule has 0 bridgehead atoms. The van der Waals surface area contributed by atoms with Crippen LogP contribution in [0.2, 0.25) is 0 Å². The Bertz CT molecular complexity index is 1260. The van der Waals surface area contributed by atoms with Crippen molar-refractivity contribution in [2.45, 2.75) is 30.7 Å². The first kappa shape index (κ1) is 24.3. The molecule has 3 aromatic rings. The summed E-state index contributed by atoms with van der Waals surface area (Å²) in [6, 6.07) is 14.0. The lowest BCUT2D eigenvalue weighted by molar-refractivity contribution is 0.0697. The molecule has 184 valence electrons. The van der Waals surface area contributed by atoms with E-state index in [0.717, 1.165) is 0 Å². The fraction of sp³-hybridized carbons (Fsp3) is 0.280. The Kier molecular flexibility index (Phi) is 7.40. The first-order valence-corrected chi connectivity index (χ1v) is 12.8. The summed E-state index contributed by atoms with van der Waals surface area (Å²) in [5, 5.41) is 2.95. The summed E-state index contributed by atoms with van der Waals surface area (Å²) in [5.74, 6) is 0.190. The zero-order chi connectivity index (χ0) is 24.8. The average Bonchev–Trinajstić information content (AvgIpc) is 3.40. The normalized spacial score (nSPS) is 14.4. The number of nitrogens with one attached hydrogen (secondary N) is 2. The SMILES string of the molecule is CCOc1ccc(NS(=O)(=O)c2cccc(C(=O)NC3CCN(C(=O)c4ccoc4)CC3)c2)cc1. The molecule has 0 aliphatic carbocycles. The van der Waals surface area contributed by atoms with Gasteiger partial charge in [0, 0.05) is 30.4 Å². The van der Waals surface area contributed by atoms with Crippen LogP contribution < -0.4 is 14.8 Å². The highest BCUT2D eigenvalue weighted by Crippen LogP contribution is 2.21. The van der Waals surface area contributed by atoms with Crippen LogP contribution in [0.15, 0.2) is 76.4 Å². The van der Waals surface area contributed by atoms with E-state index in [4.69, 9.17) is 9.15 Å². The largest absolute Gasteiger partial charge is 0.494 e. The van der Waals surface area contributed by atoms with Gasteiger partial charge < -0.3 is 19.4 Å². The number of benzene rings is 2. The molecule has 10 heteroatoms. The van der Waals surface area contributed by atoms with E-state index in [-0.39, 0.29) is 28.3 Å². The Morgan fingerprint density at radius 3 is 2.46 bits per heavy atom. The summed E-state index contributed by atoms with van der Waals surface area (Å²) in [6.07, 6.45) is 4.09. The van der Waals surface area contributed by atoms with Crippen molar-refractivity contribution in [3.8, 4) is 5.75 Å². The van der Waals surface area contributed by atoms with Crippen LogP contribution in [0.5, 0.6) is 5.75 Å². The molecule has 4 rings (SSSR count). The Hall–Kier alpha value is -3.79. The van der Waals surface area contributed by atoms with Crippen molar-refractivity contribution in [1.82, 2.24) is 10.2 Å². The van der Waals surface area contributed by atoms with Gasteiger partial charge in [0.1, 0.15) is 12.0 Å². The highest BCUT2D eigenvalue weighted by atomic mass is 32.2. The molecule has 2 N–H and O–H groups in total. The van der Waals surface area contributed by atoms with Gasteiger partial charge in [0.05, 0.1) is 23.3 Å². The maximum atomic E-state index is 12.9. The third-order valence-corrected chi connectivity index (χ3v) is 7.09. The van der Waals surface area contributed by atoms with Gasteiger partial charge in [-0.25, -0.2) is 8.42 Å². The number of carbonyl (C=O) groups excluding carboxylic acids is 2. The van der Waals surface area contributed by atoms with Gasteiger partial charge in [0.25, 0.3) is 21.8 Å². The molecule has 0 radical (unpaired) electrons. The Labute approximate surface area is 204 Å². The molecule has 1 aromatic heterocycles. The number of piperidine rings is 1. The number of sulfonamides is 1. The summed E-state index contributed by atoms with van der Waals surface area (Å²) in [5.41, 5.74) is 1.14. The molecule has 2 amide bonds. The van der Waals surface area contributed by atoms with E-state index >= 15 is 0 Å². The number of anilines is 1. The fourth-order valence-corrected chi connectivity index (χ4v) is 4.97. The van der Waals surface area contributed by atoms with Gasteiger partial charge in [-0.05, 0) is 68.3 Å². The fourth-order valence-electron chi connectivity index (χ4n) is 3.87. The number of likely N-dealkylation sites (tertiary alicyclic amines) is 1. The minimum absolute atomic E-state index is 0.0143. The van der Waals surface area contributed by atoms with Crippen molar-refractivity contribution in [3.63, 3.8) is 0 Å². The van der Waals surface area contributed by atoms with Crippen LogP contribution in [0.1, 0.15) is 40.5 Å². The quantitative estimate of drug-likeness (QED) is 0.492. The van der Waals surface area contributed by atoms with Gasteiger partial charge in [-0.2, -0.15) is 0 Å². The number of furan rings is 1. The van der Waals surface area contributed by atoms with Gasteiger partial charge >= 0.3 is 0 Å². The van der Waals surface area contributed by atoms with E-state index in [1.807, 2.05) is 6.92 Å². The lowest BCUT2D eigenvalue weighted by Gasteiger charge is -2.32. The number of rotatable bonds is 8. The van der Waals surface area contributed by atoms with Crippen molar-refractivity contribution in [2.75, 3.05) is 24.4 Å². The monoisotopic (exact) mass is 497 g/mol. The summed E-state index contributed by atoms with van der Waals surface area (Å²) in [4.78, 5) is 27.0. The maximum Gasteiger partial charge on any atom is 0.261 e. The van der Waals surface area contributed by atoms with Crippen molar-refractivity contribution in [1.29, 1.82) is 0 Å². The molecule has 1 aliphatic rings. The number of amides is 2. The molecule has 2 aromatic carbocycles. The van der Waals surface area contributed by atoms with Gasteiger partial charge in [-0.15, -0.1) is 0 Å². The smallest absolute Gasteiger partial charge is 0.261 e. The second-order valence-corrected chi connectivity index (χ2v) is 9.83. The molecule has 0 spiro atoms. The van der Waals surface area contributed by atoms with Crippen molar-refractivity contribution in [3.05, 3.63) is 78.3 Å². The minimum atomic E-state index is -3.89. The Morgan fingerprint density at radius 2 is 1.80 bits per heavy atom. The van der Waals surface area contributed by atoms with Crippen LogP contribution in [0.4, 0.5) is 5.69 Å². The van der Waals surface area contributed by atoms with Crippen LogP contribution >= 0.6 is 0 Å². The molecule has 0 atom stereocenters. The summed E-state index contributed by atoms with van der Waals surface area (Å²) in [7, 11) is -3.89. The van der Waals surface area contributed by atoms with Crippen molar-refractivity contribution >= 4 is 27.5 Å². The van der Waals surface area contributed by atoms with E-state index in [9.17, 15) is 18.0 Å². The van der Waals surface area contributed by atoms with E-state index in [1.54, 1.807) is 41.3 Å². The molecule has 0 unspecified atom stereocenters. The molecule has 0 saturated carbocycles. The van der Waals surface area contributed by atoms with Crippen LogP contribution in [0, 0.1) is 0 Å². The number of carbonyl (C=O) groups is 2. The second kappa shape index (κ2) is 10.6. The van der Waals surface area contributed by atoms with E-state index in [2.05, 4.69) is 10.0 Å². The topological polar surface area (TPSA) is 118 Å². The molecule has 9 nitrogen and oxygen atoms in total. The number of hydrogen-bond donors (Lipinski definition) is 2. The second-order valence-electron chi connectivity index (χ2n) is 8.14. The van der Waals surface area contributed by atoms with Gasteiger partial charge in [0.2, 0.25) is 0 Å². The molecule has 2 heterocycles. The van der Waals surface area contributed by atoms with Gasteiger partial charge in [-0.3, -0.25) is 14.3 Å². The molecule has 35 heavy (non-hydrogen) atoms. The first-order valence-electron chi connectivity index (χ1n) is 11.3. The summed E-state index contributed by atoms with van der Waals surface area (Å²) >= 11 is 0. The van der Waals surface area contributed by atoms with Gasteiger partial charge in [0.15, 0.2) is 0 Å². The molecule has 1 aliphatic heterocycles. The van der Waals surface area contributed by atoms with Crippen LogP contribution in [-0.4, -0.2) is 50.9 Å². The third-order valence-electron chi connectivity index (χ3n) is 5.71.